The van der Waals surface area contributed by atoms with Crippen LogP contribution < -0.4 is 10.6 Å². The zero-order valence-electron chi connectivity index (χ0n) is 36.4. The molecule has 0 aromatic heterocycles. The highest BCUT2D eigenvalue weighted by molar-refractivity contribution is 6.24. The predicted octanol–water partition coefficient (Wildman–Crippen LogP) is 15.0. The molecule has 2 heterocycles. The minimum absolute atomic E-state index is 0.0979. The lowest BCUT2D eigenvalue weighted by atomic mass is 9.77. The van der Waals surface area contributed by atoms with Crippen molar-refractivity contribution in [2.75, 3.05) is 0 Å². The van der Waals surface area contributed by atoms with Gasteiger partial charge in [0.1, 0.15) is 6.17 Å². The van der Waals surface area contributed by atoms with Crippen molar-refractivity contribution in [3.63, 3.8) is 0 Å². The van der Waals surface area contributed by atoms with Crippen LogP contribution in [0.1, 0.15) is 56.7 Å². The molecule has 0 amide bonds. The van der Waals surface area contributed by atoms with Gasteiger partial charge in [0.05, 0.1) is 17.5 Å². The van der Waals surface area contributed by atoms with Crippen LogP contribution in [-0.4, -0.2) is 5.71 Å². The van der Waals surface area contributed by atoms with Gasteiger partial charge in [0.15, 0.2) is 0 Å². The molecule has 2 atom stereocenters. The zero-order valence-corrected chi connectivity index (χ0v) is 36.4. The summed E-state index contributed by atoms with van der Waals surface area (Å²) in [6, 6.07) is 90.9. The van der Waals surface area contributed by atoms with Gasteiger partial charge in [-0.25, -0.2) is 0 Å². The number of nitrogens with zero attached hydrogens (tertiary/aromatic N) is 1. The molecule has 66 heavy (non-hydrogen) atoms. The second-order valence-electron chi connectivity index (χ2n) is 16.7. The molecule has 0 radical (unpaired) electrons. The largest absolute Gasteiger partial charge is 0.373 e. The third-order valence-electron chi connectivity index (χ3n) is 12.6. The average molecular weight is 846 g/mol. The monoisotopic (exact) mass is 845 g/mol. The number of hydrogen-bond acceptors (Lipinski definition) is 3. The van der Waals surface area contributed by atoms with Crippen molar-refractivity contribution in [2.45, 2.75) is 12.2 Å². The standard InChI is InChI=1S/C63H47N3/c1-7-21-46(22-8-1)54-33-19-20-34-55(54)57-43-56(64-63(65-57)53-31-17-6-18-32-53)47-39-35-44(36-40-47)45-37-41-50(42-38-45)58-59(48-23-9-2-10-24-48)61(51-27-13-4-14-28-51)66-62(52-29-15-5-16-30-52)60(58)49-25-11-3-12-26-49/h1-43,61,63,65-66H. The molecule has 0 saturated heterocycles. The van der Waals surface area contributed by atoms with E-state index in [0.717, 1.165) is 61.6 Å². The van der Waals surface area contributed by atoms with Crippen LogP contribution in [0.5, 0.6) is 0 Å². The van der Waals surface area contributed by atoms with Crippen molar-refractivity contribution in [1.82, 2.24) is 10.6 Å². The van der Waals surface area contributed by atoms with E-state index in [0.29, 0.717) is 0 Å². The summed E-state index contributed by atoms with van der Waals surface area (Å²) in [6.07, 6.45) is 1.97. The number of dihydropyridines is 1. The van der Waals surface area contributed by atoms with Crippen molar-refractivity contribution in [3.8, 4) is 22.3 Å². The van der Waals surface area contributed by atoms with Crippen molar-refractivity contribution in [2.24, 2.45) is 4.99 Å². The Kier molecular flexibility index (Phi) is 11.2. The van der Waals surface area contributed by atoms with Gasteiger partial charge in [-0.3, -0.25) is 4.99 Å². The van der Waals surface area contributed by atoms with Crippen LogP contribution in [0.4, 0.5) is 0 Å². The average Bonchev–Trinajstić information content (AvgIpc) is 3.41. The van der Waals surface area contributed by atoms with Gasteiger partial charge in [-0.15, -0.1) is 0 Å². The number of aliphatic imine (C=N–C) groups is 1. The molecule has 2 aliphatic heterocycles. The van der Waals surface area contributed by atoms with Crippen LogP contribution in [0.3, 0.4) is 0 Å². The number of hydrogen-bond donors (Lipinski definition) is 2. The first-order valence-corrected chi connectivity index (χ1v) is 22.7. The molecular weight excluding hydrogens is 799 g/mol. The van der Waals surface area contributed by atoms with Gasteiger partial charge in [-0.05, 0) is 78.4 Å². The lowest BCUT2D eigenvalue weighted by Gasteiger charge is -2.36. The van der Waals surface area contributed by atoms with Gasteiger partial charge < -0.3 is 10.6 Å². The SMILES string of the molecule is C1=C(c2ccccc2-c2ccccc2)NC(c2ccccc2)N=C1c1ccc(-c2ccc(C3=C(c4ccccc4)C(c4ccccc4)NC(c4ccccc4)=C3c3ccccc3)cc2)cc1. The molecule has 0 bridgehead atoms. The van der Waals surface area contributed by atoms with Crippen molar-refractivity contribution >= 4 is 33.8 Å². The molecule has 0 saturated carbocycles. The normalized spacial score (nSPS) is 15.9. The van der Waals surface area contributed by atoms with Crippen molar-refractivity contribution in [3.05, 3.63) is 305 Å². The van der Waals surface area contributed by atoms with Gasteiger partial charge in [-0.2, -0.15) is 0 Å². The van der Waals surface area contributed by atoms with E-state index in [1.54, 1.807) is 0 Å². The Labute approximate surface area is 387 Å². The summed E-state index contributed by atoms with van der Waals surface area (Å²) in [5.41, 5.74) is 20.6. The van der Waals surface area contributed by atoms with Gasteiger partial charge in [0.2, 0.25) is 0 Å². The first-order valence-electron chi connectivity index (χ1n) is 22.7. The van der Waals surface area contributed by atoms with Gasteiger partial charge in [0, 0.05) is 16.8 Å². The van der Waals surface area contributed by atoms with E-state index in [-0.39, 0.29) is 12.2 Å². The van der Waals surface area contributed by atoms with E-state index >= 15 is 0 Å². The number of nitrogens with one attached hydrogen (secondary N) is 2. The minimum atomic E-state index is -0.235. The molecule has 2 aliphatic rings. The van der Waals surface area contributed by atoms with E-state index in [1.807, 2.05) is 0 Å². The fourth-order valence-corrected chi connectivity index (χ4v) is 9.43. The van der Waals surface area contributed by atoms with E-state index in [9.17, 15) is 0 Å². The Hall–Kier alpha value is -8.53. The third kappa shape index (κ3) is 8.11. The Morgan fingerprint density at radius 2 is 0.727 bits per heavy atom. The molecule has 314 valence electrons. The Bertz CT molecular complexity index is 3230. The molecule has 0 spiro atoms. The summed E-state index contributed by atoms with van der Waals surface area (Å²) in [6.45, 7) is 0. The highest BCUT2D eigenvalue weighted by atomic mass is 15.1. The van der Waals surface area contributed by atoms with E-state index in [1.165, 1.54) is 39.0 Å². The van der Waals surface area contributed by atoms with Crippen LogP contribution in [0.2, 0.25) is 0 Å². The van der Waals surface area contributed by atoms with Crippen LogP contribution in [0.25, 0.3) is 50.4 Å². The summed E-state index contributed by atoms with van der Waals surface area (Å²) in [5.74, 6) is 0. The van der Waals surface area contributed by atoms with Crippen molar-refractivity contribution in [1.29, 1.82) is 0 Å². The Morgan fingerprint density at radius 3 is 1.30 bits per heavy atom. The fraction of sp³-hybridized carbons (Fsp3) is 0.0317. The summed E-state index contributed by atoms with van der Waals surface area (Å²) in [7, 11) is 0. The number of allylic oxidation sites excluding steroid dienone is 3. The summed E-state index contributed by atoms with van der Waals surface area (Å²) in [5, 5.41) is 7.87. The second kappa shape index (κ2) is 18.3. The first-order chi connectivity index (χ1) is 32.7. The lowest BCUT2D eigenvalue weighted by Crippen LogP contribution is -2.27. The molecule has 9 aromatic rings. The molecule has 2 unspecified atom stereocenters. The maximum atomic E-state index is 5.30. The van der Waals surface area contributed by atoms with Crippen LogP contribution >= 0.6 is 0 Å². The van der Waals surface area contributed by atoms with E-state index in [2.05, 4.69) is 271 Å². The first kappa shape index (κ1) is 40.3. The van der Waals surface area contributed by atoms with Crippen LogP contribution in [0.15, 0.2) is 266 Å². The van der Waals surface area contributed by atoms with Gasteiger partial charge in [-0.1, -0.05) is 255 Å². The maximum Gasteiger partial charge on any atom is 0.145 e. The molecular formula is C63H47N3. The quantitative estimate of drug-likeness (QED) is 0.144. The Balaban J connectivity index is 1.00. The highest BCUT2D eigenvalue weighted by Crippen LogP contribution is 2.50. The van der Waals surface area contributed by atoms with E-state index < -0.39 is 0 Å². The molecule has 3 heteroatoms. The fourth-order valence-electron chi connectivity index (χ4n) is 9.43. The zero-order chi connectivity index (χ0) is 44.1. The van der Waals surface area contributed by atoms with E-state index in [4.69, 9.17) is 4.99 Å². The second-order valence-corrected chi connectivity index (χ2v) is 16.7. The summed E-state index contributed by atoms with van der Waals surface area (Å²) < 4.78 is 0. The lowest BCUT2D eigenvalue weighted by molar-refractivity contribution is 0.664. The summed E-state index contributed by atoms with van der Waals surface area (Å²) >= 11 is 0. The molecule has 0 aliphatic carbocycles. The molecule has 9 aromatic carbocycles. The Morgan fingerprint density at radius 1 is 0.303 bits per heavy atom. The number of benzene rings is 9. The number of rotatable bonds is 10. The topological polar surface area (TPSA) is 36.4 Å². The molecule has 2 N–H and O–H groups in total. The molecule has 11 rings (SSSR count). The van der Waals surface area contributed by atoms with Crippen LogP contribution in [-0.2, 0) is 0 Å². The molecule has 3 nitrogen and oxygen atoms in total. The minimum Gasteiger partial charge on any atom is -0.373 e. The maximum absolute atomic E-state index is 5.30. The van der Waals surface area contributed by atoms with Gasteiger partial charge >= 0.3 is 0 Å². The summed E-state index contributed by atoms with van der Waals surface area (Å²) in [4.78, 5) is 5.30. The molecule has 0 fully saturated rings. The van der Waals surface area contributed by atoms with Gasteiger partial charge in [0.25, 0.3) is 0 Å². The van der Waals surface area contributed by atoms with Crippen LogP contribution in [0, 0.1) is 0 Å². The highest BCUT2D eigenvalue weighted by Gasteiger charge is 2.33. The predicted molar refractivity (Wildman–Crippen MR) is 276 cm³/mol. The third-order valence-corrected chi connectivity index (χ3v) is 12.6. The smallest absolute Gasteiger partial charge is 0.145 e. The van der Waals surface area contributed by atoms with Crippen molar-refractivity contribution < 1.29 is 0 Å².